The normalized spacial score (nSPS) is 10.2. The summed E-state index contributed by atoms with van der Waals surface area (Å²) in [4.78, 5) is 1.88. The summed E-state index contributed by atoms with van der Waals surface area (Å²) in [5.74, 6) is 1.68. The fraction of sp³-hybridized carbons (Fsp3) is 0.417. The van der Waals surface area contributed by atoms with Crippen LogP contribution in [-0.4, -0.2) is 20.0 Å². The van der Waals surface area contributed by atoms with Crippen LogP contribution in [0.1, 0.15) is 13.8 Å². The van der Waals surface area contributed by atoms with Gasteiger partial charge in [0.15, 0.2) is 0 Å². The van der Waals surface area contributed by atoms with E-state index in [0.717, 1.165) is 11.4 Å². The number of methoxy groups -OCH3 is 1. The van der Waals surface area contributed by atoms with Crippen LogP contribution in [0.3, 0.4) is 0 Å². The molecular weight excluding hydrogens is 188 g/mol. The van der Waals surface area contributed by atoms with Crippen molar-refractivity contribution in [3.05, 3.63) is 24.3 Å². The van der Waals surface area contributed by atoms with E-state index in [9.17, 15) is 0 Å². The Kier molecular flexibility index (Phi) is 3.72. The van der Waals surface area contributed by atoms with Crippen molar-refractivity contribution in [1.29, 1.82) is 5.41 Å². The van der Waals surface area contributed by atoms with Crippen molar-refractivity contribution >= 4 is 11.5 Å². The van der Waals surface area contributed by atoms with Crippen LogP contribution in [0.25, 0.3) is 0 Å². The maximum atomic E-state index is 7.88. The molecule has 0 atom stereocenters. The molecule has 0 aromatic heterocycles. The summed E-state index contributed by atoms with van der Waals surface area (Å²) in [6.45, 7) is 4.03. The van der Waals surface area contributed by atoms with Gasteiger partial charge < -0.3 is 9.64 Å². The van der Waals surface area contributed by atoms with Crippen molar-refractivity contribution in [3.8, 4) is 5.75 Å². The lowest BCUT2D eigenvalue weighted by Crippen LogP contribution is -2.29. The van der Waals surface area contributed by atoms with Crippen molar-refractivity contribution in [1.82, 2.24) is 0 Å². The lowest BCUT2D eigenvalue weighted by atomic mass is 10.1. The fourth-order valence-electron chi connectivity index (χ4n) is 1.33. The molecule has 0 saturated heterocycles. The predicted octanol–water partition coefficient (Wildman–Crippen LogP) is 2.76. The minimum absolute atomic E-state index is 0.233. The van der Waals surface area contributed by atoms with E-state index < -0.39 is 0 Å². The average Bonchev–Trinajstić information content (AvgIpc) is 2.27. The van der Waals surface area contributed by atoms with Crippen LogP contribution in [0, 0.1) is 11.3 Å². The second-order valence-corrected chi connectivity index (χ2v) is 3.80. The standard InChI is InChI=1S/C12H18N2O/c1-9(2)12(13)14(3)10-5-7-11(15-4)8-6-10/h5-9,13H,1-4H3. The molecule has 0 aliphatic rings. The Bertz CT molecular complexity index is 330. The quantitative estimate of drug-likeness (QED) is 0.609. The maximum Gasteiger partial charge on any atom is 0.119 e. The van der Waals surface area contributed by atoms with E-state index in [1.807, 2.05) is 50.1 Å². The summed E-state index contributed by atoms with van der Waals surface area (Å²) in [7, 11) is 3.55. The van der Waals surface area contributed by atoms with Crippen molar-refractivity contribution in [2.45, 2.75) is 13.8 Å². The summed E-state index contributed by atoms with van der Waals surface area (Å²) < 4.78 is 5.08. The van der Waals surface area contributed by atoms with E-state index >= 15 is 0 Å². The Morgan fingerprint density at radius 3 is 2.20 bits per heavy atom. The molecular formula is C12H18N2O. The molecule has 0 bridgehead atoms. The van der Waals surface area contributed by atoms with Gasteiger partial charge in [0, 0.05) is 18.7 Å². The molecule has 0 fully saturated rings. The van der Waals surface area contributed by atoms with Gasteiger partial charge in [-0.25, -0.2) is 0 Å². The molecule has 0 aliphatic heterocycles. The zero-order valence-electron chi connectivity index (χ0n) is 9.74. The van der Waals surface area contributed by atoms with E-state index in [2.05, 4.69) is 0 Å². The third-order valence-electron chi connectivity index (χ3n) is 2.37. The lowest BCUT2D eigenvalue weighted by molar-refractivity contribution is 0.415. The molecule has 0 unspecified atom stereocenters. The number of benzene rings is 1. The number of nitrogens with zero attached hydrogens (tertiary/aromatic N) is 1. The minimum atomic E-state index is 0.233. The Labute approximate surface area is 91.2 Å². The second kappa shape index (κ2) is 4.82. The molecule has 3 heteroatoms. The molecule has 1 rings (SSSR count). The number of amidine groups is 1. The molecule has 82 valence electrons. The van der Waals surface area contributed by atoms with Crippen LogP contribution in [-0.2, 0) is 0 Å². The minimum Gasteiger partial charge on any atom is -0.497 e. The number of hydrogen-bond acceptors (Lipinski definition) is 2. The Morgan fingerprint density at radius 2 is 1.80 bits per heavy atom. The van der Waals surface area contributed by atoms with Gasteiger partial charge in [0.2, 0.25) is 0 Å². The molecule has 0 saturated carbocycles. The molecule has 0 radical (unpaired) electrons. The highest BCUT2D eigenvalue weighted by Gasteiger charge is 2.10. The number of ether oxygens (including phenoxy) is 1. The SMILES string of the molecule is COc1ccc(N(C)C(=N)C(C)C)cc1. The van der Waals surface area contributed by atoms with Gasteiger partial charge >= 0.3 is 0 Å². The highest BCUT2D eigenvalue weighted by Crippen LogP contribution is 2.19. The molecule has 0 spiro atoms. The molecule has 0 amide bonds. The third kappa shape index (κ3) is 2.72. The third-order valence-corrected chi connectivity index (χ3v) is 2.37. The molecule has 1 aromatic rings. The Balaban J connectivity index is 2.82. The van der Waals surface area contributed by atoms with Gasteiger partial charge in [0.1, 0.15) is 11.6 Å². The summed E-state index contributed by atoms with van der Waals surface area (Å²) in [6, 6.07) is 7.71. The number of rotatable bonds is 3. The first-order chi connectivity index (χ1) is 7.06. The zero-order valence-corrected chi connectivity index (χ0v) is 9.74. The van der Waals surface area contributed by atoms with Crippen LogP contribution < -0.4 is 9.64 Å². The maximum absolute atomic E-state index is 7.88. The first kappa shape index (κ1) is 11.6. The second-order valence-electron chi connectivity index (χ2n) is 3.80. The van der Waals surface area contributed by atoms with Crippen molar-refractivity contribution in [3.63, 3.8) is 0 Å². The van der Waals surface area contributed by atoms with Gasteiger partial charge in [-0.1, -0.05) is 13.8 Å². The molecule has 3 nitrogen and oxygen atoms in total. The van der Waals surface area contributed by atoms with Crippen LogP contribution >= 0.6 is 0 Å². The summed E-state index contributed by atoms with van der Waals surface area (Å²) >= 11 is 0. The first-order valence-corrected chi connectivity index (χ1v) is 5.02. The topological polar surface area (TPSA) is 36.3 Å². The van der Waals surface area contributed by atoms with Crippen molar-refractivity contribution in [2.75, 3.05) is 19.1 Å². The van der Waals surface area contributed by atoms with Gasteiger partial charge in [-0.15, -0.1) is 0 Å². The number of anilines is 1. The van der Waals surface area contributed by atoms with Crippen LogP contribution in [0.15, 0.2) is 24.3 Å². The Morgan fingerprint density at radius 1 is 1.27 bits per heavy atom. The summed E-state index contributed by atoms with van der Waals surface area (Å²) in [5, 5.41) is 7.88. The van der Waals surface area contributed by atoms with E-state index in [4.69, 9.17) is 10.1 Å². The Hall–Kier alpha value is -1.51. The van der Waals surface area contributed by atoms with Crippen LogP contribution in [0.2, 0.25) is 0 Å². The largest absolute Gasteiger partial charge is 0.497 e. The van der Waals surface area contributed by atoms with Gasteiger partial charge in [-0.05, 0) is 24.3 Å². The van der Waals surface area contributed by atoms with E-state index in [1.165, 1.54) is 0 Å². The number of nitrogens with one attached hydrogen (secondary N) is 1. The molecule has 0 heterocycles. The molecule has 0 aliphatic carbocycles. The molecule has 1 N–H and O–H groups in total. The zero-order chi connectivity index (χ0) is 11.4. The monoisotopic (exact) mass is 206 g/mol. The molecule has 15 heavy (non-hydrogen) atoms. The summed E-state index contributed by atoms with van der Waals surface area (Å²) in [5.41, 5.74) is 1.01. The molecule has 1 aromatic carbocycles. The van der Waals surface area contributed by atoms with E-state index in [0.29, 0.717) is 5.84 Å². The van der Waals surface area contributed by atoms with Crippen LogP contribution in [0.4, 0.5) is 5.69 Å². The summed E-state index contributed by atoms with van der Waals surface area (Å²) in [6.07, 6.45) is 0. The highest BCUT2D eigenvalue weighted by molar-refractivity contribution is 5.96. The highest BCUT2D eigenvalue weighted by atomic mass is 16.5. The van der Waals surface area contributed by atoms with Gasteiger partial charge in [0.05, 0.1) is 7.11 Å². The average molecular weight is 206 g/mol. The smallest absolute Gasteiger partial charge is 0.119 e. The first-order valence-electron chi connectivity index (χ1n) is 5.02. The van der Waals surface area contributed by atoms with Crippen LogP contribution in [0.5, 0.6) is 5.75 Å². The van der Waals surface area contributed by atoms with Gasteiger partial charge in [-0.2, -0.15) is 0 Å². The predicted molar refractivity (Wildman–Crippen MR) is 64.0 cm³/mol. The fourth-order valence-corrected chi connectivity index (χ4v) is 1.33. The van der Waals surface area contributed by atoms with E-state index in [-0.39, 0.29) is 5.92 Å². The van der Waals surface area contributed by atoms with Gasteiger partial charge in [0.25, 0.3) is 0 Å². The lowest BCUT2D eigenvalue weighted by Gasteiger charge is -2.22. The van der Waals surface area contributed by atoms with Gasteiger partial charge in [-0.3, -0.25) is 5.41 Å². The van der Waals surface area contributed by atoms with Crippen molar-refractivity contribution in [2.24, 2.45) is 5.92 Å². The number of hydrogen-bond donors (Lipinski definition) is 1. The van der Waals surface area contributed by atoms with Crippen molar-refractivity contribution < 1.29 is 4.74 Å². The van der Waals surface area contributed by atoms with E-state index in [1.54, 1.807) is 7.11 Å².